The average molecular weight is 282 g/mol. The van der Waals surface area contributed by atoms with Crippen molar-refractivity contribution in [1.82, 2.24) is 0 Å². The molecule has 0 radical (unpaired) electrons. The SMILES string of the molecule is C=CCCCc1ccccc1.[C-]#[O+].[C-]#[O+].[C-]#[O+].[Cr]. The Bertz CT molecular complexity index is 301. The molecule has 1 aromatic rings. The van der Waals surface area contributed by atoms with Gasteiger partial charge in [-0.1, -0.05) is 36.4 Å². The smallest absolute Gasteiger partial charge is 0 e. The molecule has 0 aliphatic heterocycles. The van der Waals surface area contributed by atoms with Crippen molar-refractivity contribution in [2.45, 2.75) is 19.3 Å². The van der Waals surface area contributed by atoms with Gasteiger partial charge in [0.25, 0.3) is 0 Å². The van der Waals surface area contributed by atoms with Crippen LogP contribution in [0.2, 0.25) is 0 Å². The standard InChI is InChI=1S/C11H14.3CO.Cr/c1-2-3-5-8-11-9-6-4-7-10-11;3*1-2;/h2,4,6-7,9-10H,1,3,5,8H2;;;;. The van der Waals surface area contributed by atoms with Crippen LogP contribution in [-0.2, 0) is 37.7 Å². The van der Waals surface area contributed by atoms with E-state index in [0.717, 1.165) is 6.42 Å². The zero-order chi connectivity index (χ0) is 13.9. The molecule has 0 amide bonds. The minimum Gasteiger partial charge on any atom is 0 e. The molecule has 0 atom stereocenters. The van der Waals surface area contributed by atoms with Crippen LogP contribution in [0.25, 0.3) is 0 Å². The first-order chi connectivity index (χ1) is 8.43. The van der Waals surface area contributed by atoms with E-state index in [0.29, 0.717) is 0 Å². The normalized spacial score (nSPS) is 6.11. The van der Waals surface area contributed by atoms with E-state index < -0.39 is 0 Å². The van der Waals surface area contributed by atoms with Crippen LogP contribution in [0.1, 0.15) is 18.4 Å². The topological polar surface area (TPSA) is 59.7 Å². The molecule has 0 fully saturated rings. The van der Waals surface area contributed by atoms with E-state index in [1.807, 2.05) is 6.08 Å². The predicted molar refractivity (Wildman–Crippen MR) is 61.4 cm³/mol. The van der Waals surface area contributed by atoms with Gasteiger partial charge in [-0.25, -0.2) is 0 Å². The van der Waals surface area contributed by atoms with E-state index >= 15 is 0 Å². The summed E-state index contributed by atoms with van der Waals surface area (Å²) in [4.78, 5) is 0. The van der Waals surface area contributed by atoms with Crippen molar-refractivity contribution in [3.8, 4) is 0 Å². The third-order valence-corrected chi connectivity index (χ3v) is 1.72. The molecule has 0 heterocycles. The molecule has 18 heavy (non-hydrogen) atoms. The summed E-state index contributed by atoms with van der Waals surface area (Å²) < 4.78 is 22.5. The van der Waals surface area contributed by atoms with Crippen LogP contribution in [0.3, 0.4) is 0 Å². The van der Waals surface area contributed by atoms with Crippen molar-refractivity contribution < 1.29 is 31.3 Å². The first-order valence-corrected chi connectivity index (χ1v) is 4.69. The summed E-state index contributed by atoms with van der Waals surface area (Å²) >= 11 is 0. The summed E-state index contributed by atoms with van der Waals surface area (Å²) in [6.07, 6.45) is 5.48. The van der Waals surface area contributed by atoms with Crippen LogP contribution in [0.4, 0.5) is 0 Å². The molecular formula is C14H14CrO3. The van der Waals surface area contributed by atoms with E-state index in [9.17, 15) is 0 Å². The zero-order valence-electron chi connectivity index (χ0n) is 9.93. The molecule has 0 saturated carbocycles. The maximum Gasteiger partial charge on any atom is 0 e. The molecule has 0 unspecified atom stereocenters. The zero-order valence-corrected chi connectivity index (χ0v) is 11.2. The minimum atomic E-state index is 0. The molecule has 1 aromatic carbocycles. The molecule has 3 nitrogen and oxygen atoms in total. The monoisotopic (exact) mass is 282 g/mol. The van der Waals surface area contributed by atoms with Crippen molar-refractivity contribution in [1.29, 1.82) is 0 Å². The molecule has 0 spiro atoms. The van der Waals surface area contributed by atoms with Crippen LogP contribution in [0.15, 0.2) is 43.0 Å². The number of allylic oxidation sites excluding steroid dienone is 1. The molecule has 0 bridgehead atoms. The van der Waals surface area contributed by atoms with Crippen molar-refractivity contribution in [3.05, 3.63) is 68.5 Å². The maximum absolute atomic E-state index is 7.50. The van der Waals surface area contributed by atoms with E-state index in [-0.39, 0.29) is 17.4 Å². The second kappa shape index (κ2) is 29.6. The molecule has 0 aliphatic carbocycles. The van der Waals surface area contributed by atoms with Gasteiger partial charge >= 0.3 is 33.9 Å². The van der Waals surface area contributed by atoms with Crippen LogP contribution in [0, 0.1) is 20.0 Å². The summed E-state index contributed by atoms with van der Waals surface area (Å²) in [5, 5.41) is 0. The van der Waals surface area contributed by atoms with Gasteiger partial charge in [0, 0.05) is 17.4 Å². The number of hydrogen-bond donors (Lipinski definition) is 0. The Morgan fingerprint density at radius 1 is 0.944 bits per heavy atom. The van der Waals surface area contributed by atoms with Gasteiger partial charge in [0.1, 0.15) is 0 Å². The van der Waals surface area contributed by atoms with Gasteiger partial charge in [-0.05, 0) is 24.8 Å². The Hall–Kier alpha value is -1.29. The van der Waals surface area contributed by atoms with E-state index in [1.165, 1.54) is 18.4 Å². The Morgan fingerprint density at radius 2 is 1.39 bits per heavy atom. The summed E-state index contributed by atoms with van der Waals surface area (Å²) in [5.74, 6) is 0. The average Bonchev–Trinajstić information content (AvgIpc) is 2.47. The second-order valence-electron chi connectivity index (χ2n) is 2.67. The number of hydrogen-bond acceptors (Lipinski definition) is 0. The van der Waals surface area contributed by atoms with Gasteiger partial charge < -0.3 is 0 Å². The molecule has 0 saturated heterocycles. The summed E-state index contributed by atoms with van der Waals surface area (Å²) in [5.41, 5.74) is 1.43. The van der Waals surface area contributed by atoms with Gasteiger partial charge in [-0.2, -0.15) is 0 Å². The third kappa shape index (κ3) is 20.2. The maximum atomic E-state index is 7.50. The van der Waals surface area contributed by atoms with Gasteiger partial charge in [0.05, 0.1) is 0 Å². The summed E-state index contributed by atoms with van der Waals surface area (Å²) in [6.45, 7) is 17.2. The van der Waals surface area contributed by atoms with Crippen molar-refractivity contribution in [2.75, 3.05) is 0 Å². The van der Waals surface area contributed by atoms with Crippen LogP contribution >= 0.6 is 0 Å². The van der Waals surface area contributed by atoms with Crippen molar-refractivity contribution in [3.63, 3.8) is 0 Å². The number of aryl methyl sites for hydroxylation is 1. The fourth-order valence-corrected chi connectivity index (χ4v) is 1.10. The number of benzene rings is 1. The Morgan fingerprint density at radius 3 is 1.78 bits per heavy atom. The Labute approximate surface area is 119 Å². The van der Waals surface area contributed by atoms with Crippen molar-refractivity contribution >= 4 is 0 Å². The fraction of sp³-hybridized carbons (Fsp3) is 0.214. The molecule has 94 valence electrons. The van der Waals surface area contributed by atoms with Crippen molar-refractivity contribution in [2.24, 2.45) is 0 Å². The number of unbranched alkanes of at least 4 members (excludes halogenated alkanes) is 1. The van der Waals surface area contributed by atoms with Gasteiger partial charge in [-0.3, -0.25) is 0 Å². The van der Waals surface area contributed by atoms with Gasteiger partial charge in [0.15, 0.2) is 0 Å². The van der Waals surface area contributed by atoms with Gasteiger partial charge in [0.2, 0.25) is 0 Å². The minimum absolute atomic E-state index is 0. The van der Waals surface area contributed by atoms with Gasteiger partial charge in [-0.15, -0.1) is 6.58 Å². The van der Waals surface area contributed by atoms with Crippen LogP contribution in [-0.4, -0.2) is 0 Å². The van der Waals surface area contributed by atoms with E-state index in [4.69, 9.17) is 14.0 Å². The van der Waals surface area contributed by atoms with Crippen LogP contribution in [0.5, 0.6) is 0 Å². The molecule has 4 heteroatoms. The molecule has 1 rings (SSSR count). The van der Waals surface area contributed by atoms with Crippen LogP contribution < -0.4 is 0 Å². The van der Waals surface area contributed by atoms with E-state index in [2.05, 4.69) is 56.9 Å². The molecule has 0 aromatic heterocycles. The largest absolute Gasteiger partial charge is 0 e. The molecular weight excluding hydrogens is 268 g/mol. The molecule has 0 aliphatic rings. The first kappa shape index (κ1) is 25.5. The third-order valence-electron chi connectivity index (χ3n) is 1.72. The summed E-state index contributed by atoms with van der Waals surface area (Å²) in [6, 6.07) is 10.6. The second-order valence-corrected chi connectivity index (χ2v) is 2.67. The fourth-order valence-electron chi connectivity index (χ4n) is 1.10. The predicted octanol–water partition coefficient (Wildman–Crippen LogP) is 3.08. The quantitative estimate of drug-likeness (QED) is 0.353. The van der Waals surface area contributed by atoms with E-state index in [1.54, 1.807) is 0 Å². The molecule has 0 N–H and O–H groups in total. The Kier molecular flexibility index (Phi) is 42.0. The Balaban J connectivity index is -0.000000123. The first-order valence-electron chi connectivity index (χ1n) is 4.69. The summed E-state index contributed by atoms with van der Waals surface area (Å²) in [7, 11) is 0. The number of rotatable bonds is 4.